The minimum atomic E-state index is -0.412. The van der Waals surface area contributed by atoms with Gasteiger partial charge < -0.3 is 9.15 Å². The number of furan rings is 1. The van der Waals surface area contributed by atoms with Gasteiger partial charge in [0.1, 0.15) is 24.4 Å². The second-order valence-corrected chi connectivity index (χ2v) is 7.08. The Kier molecular flexibility index (Phi) is 5.61. The fraction of sp³-hybridized carbons (Fsp3) is 0.174. The van der Waals surface area contributed by atoms with Crippen LogP contribution in [0.15, 0.2) is 71.4 Å². The molecule has 0 saturated carbocycles. The lowest BCUT2D eigenvalue weighted by Crippen LogP contribution is -2.12. The van der Waals surface area contributed by atoms with E-state index in [4.69, 9.17) is 9.15 Å². The van der Waals surface area contributed by atoms with Crippen LogP contribution in [-0.2, 0) is 13.2 Å². The highest BCUT2D eigenvalue weighted by atomic mass is 16.5. The predicted octanol–water partition coefficient (Wildman–Crippen LogP) is 4.37. The maximum Gasteiger partial charge on any atom is 0.293 e. The summed E-state index contributed by atoms with van der Waals surface area (Å²) in [5.41, 5.74) is 3.41. The number of amides is 1. The fourth-order valence-corrected chi connectivity index (χ4v) is 3.03. The molecule has 2 aromatic heterocycles. The highest BCUT2D eigenvalue weighted by Crippen LogP contribution is 2.16. The van der Waals surface area contributed by atoms with Crippen LogP contribution in [0.25, 0.3) is 0 Å². The second kappa shape index (κ2) is 8.65. The minimum Gasteiger partial charge on any atom is -0.486 e. The number of rotatable bonds is 7. The Bertz CT molecular complexity index is 1160. The fourth-order valence-electron chi connectivity index (χ4n) is 3.03. The molecule has 0 aliphatic carbocycles. The van der Waals surface area contributed by atoms with Crippen molar-refractivity contribution in [3.63, 3.8) is 0 Å². The standard InChI is InChI=1S/C23H22N4O3/c1-16-5-3-7-18(11-16)13-27-15-24-23(26-27)25-22(28)21-10-9-20(30-21)14-29-19-8-4-6-17(2)12-19/h3-12,15H,13-14H2,1-2H3,(H,25,26,28). The van der Waals surface area contributed by atoms with E-state index in [1.807, 2.05) is 56.3 Å². The van der Waals surface area contributed by atoms with E-state index >= 15 is 0 Å². The quantitative estimate of drug-likeness (QED) is 0.496. The average molecular weight is 402 g/mol. The van der Waals surface area contributed by atoms with Crippen LogP contribution in [0.1, 0.15) is 33.0 Å². The molecular formula is C23H22N4O3. The number of hydrogen-bond acceptors (Lipinski definition) is 5. The first-order chi connectivity index (χ1) is 14.5. The number of carbonyl (C=O) groups is 1. The molecule has 0 spiro atoms. The summed E-state index contributed by atoms with van der Waals surface area (Å²) in [6, 6.07) is 19.2. The van der Waals surface area contributed by atoms with Crippen molar-refractivity contribution in [2.24, 2.45) is 0 Å². The molecule has 0 aliphatic heterocycles. The van der Waals surface area contributed by atoms with Crippen molar-refractivity contribution in [3.8, 4) is 5.75 Å². The van der Waals surface area contributed by atoms with Gasteiger partial charge in [0.2, 0.25) is 5.95 Å². The number of aryl methyl sites for hydroxylation is 2. The normalized spacial score (nSPS) is 10.7. The Labute approximate surface area is 174 Å². The molecule has 4 aromatic rings. The van der Waals surface area contributed by atoms with Gasteiger partial charge in [0.15, 0.2) is 5.76 Å². The molecule has 1 amide bonds. The molecule has 2 aromatic carbocycles. The molecule has 0 bridgehead atoms. The summed E-state index contributed by atoms with van der Waals surface area (Å²) in [7, 11) is 0. The average Bonchev–Trinajstić information content (AvgIpc) is 3.36. The van der Waals surface area contributed by atoms with E-state index in [9.17, 15) is 4.79 Å². The van der Waals surface area contributed by atoms with Gasteiger partial charge in [-0.3, -0.25) is 10.1 Å². The molecule has 2 heterocycles. The lowest BCUT2D eigenvalue weighted by molar-refractivity contribution is 0.0991. The Balaban J connectivity index is 1.34. The Morgan fingerprint density at radius 1 is 1.07 bits per heavy atom. The molecule has 0 radical (unpaired) electrons. The van der Waals surface area contributed by atoms with Crippen LogP contribution in [0.4, 0.5) is 5.95 Å². The van der Waals surface area contributed by atoms with Gasteiger partial charge in [-0.05, 0) is 49.2 Å². The van der Waals surface area contributed by atoms with Crippen molar-refractivity contribution in [2.45, 2.75) is 27.0 Å². The third kappa shape index (κ3) is 4.94. The highest BCUT2D eigenvalue weighted by Gasteiger charge is 2.14. The SMILES string of the molecule is Cc1cccc(Cn2cnc(NC(=O)c3ccc(COc4cccc(C)c4)o3)n2)c1. The van der Waals surface area contributed by atoms with Gasteiger partial charge in [-0.2, -0.15) is 0 Å². The highest BCUT2D eigenvalue weighted by molar-refractivity contribution is 6.01. The number of nitrogens with zero attached hydrogens (tertiary/aromatic N) is 3. The van der Waals surface area contributed by atoms with Crippen molar-refractivity contribution in [3.05, 3.63) is 95.2 Å². The number of benzene rings is 2. The largest absolute Gasteiger partial charge is 0.486 e. The molecule has 0 aliphatic rings. The van der Waals surface area contributed by atoms with Gasteiger partial charge in [0, 0.05) is 0 Å². The molecule has 1 N–H and O–H groups in total. The van der Waals surface area contributed by atoms with Crippen LogP contribution in [0, 0.1) is 13.8 Å². The molecule has 0 saturated heterocycles. The van der Waals surface area contributed by atoms with Crippen molar-refractivity contribution < 1.29 is 13.9 Å². The molecule has 4 rings (SSSR count). The van der Waals surface area contributed by atoms with Gasteiger partial charge in [-0.25, -0.2) is 9.67 Å². The first kappa shape index (κ1) is 19.4. The first-order valence-electron chi connectivity index (χ1n) is 9.60. The summed E-state index contributed by atoms with van der Waals surface area (Å²) in [6.45, 7) is 4.85. The number of anilines is 1. The van der Waals surface area contributed by atoms with Crippen LogP contribution in [-0.4, -0.2) is 20.7 Å². The van der Waals surface area contributed by atoms with Crippen molar-refractivity contribution in [2.75, 3.05) is 5.32 Å². The predicted molar refractivity (Wildman–Crippen MR) is 112 cm³/mol. The summed E-state index contributed by atoms with van der Waals surface area (Å²) in [5.74, 6) is 1.29. The van der Waals surface area contributed by atoms with Crippen LogP contribution in [0.2, 0.25) is 0 Å². The van der Waals surface area contributed by atoms with Gasteiger partial charge in [-0.1, -0.05) is 42.0 Å². The van der Waals surface area contributed by atoms with E-state index in [1.54, 1.807) is 23.1 Å². The van der Waals surface area contributed by atoms with Crippen molar-refractivity contribution in [1.82, 2.24) is 14.8 Å². The number of aromatic nitrogens is 3. The summed E-state index contributed by atoms with van der Waals surface area (Å²) in [6.07, 6.45) is 1.58. The topological polar surface area (TPSA) is 82.2 Å². The van der Waals surface area contributed by atoms with Gasteiger partial charge in [-0.15, -0.1) is 5.10 Å². The van der Waals surface area contributed by atoms with E-state index in [0.29, 0.717) is 12.3 Å². The molecule has 0 unspecified atom stereocenters. The zero-order valence-corrected chi connectivity index (χ0v) is 16.8. The Morgan fingerprint density at radius 2 is 1.87 bits per heavy atom. The number of ether oxygens (including phenoxy) is 1. The van der Waals surface area contributed by atoms with E-state index in [2.05, 4.69) is 21.5 Å². The maximum absolute atomic E-state index is 12.4. The van der Waals surface area contributed by atoms with Crippen LogP contribution in [0.3, 0.4) is 0 Å². The van der Waals surface area contributed by atoms with E-state index in [-0.39, 0.29) is 18.3 Å². The van der Waals surface area contributed by atoms with Crippen LogP contribution < -0.4 is 10.1 Å². The molecule has 7 heteroatoms. The maximum atomic E-state index is 12.4. The van der Waals surface area contributed by atoms with Gasteiger partial charge >= 0.3 is 0 Å². The summed E-state index contributed by atoms with van der Waals surface area (Å²) in [4.78, 5) is 16.6. The molecule has 0 fully saturated rings. The molecular weight excluding hydrogens is 380 g/mol. The number of carbonyl (C=O) groups excluding carboxylic acids is 1. The molecule has 152 valence electrons. The molecule has 0 atom stereocenters. The summed E-state index contributed by atoms with van der Waals surface area (Å²) < 4.78 is 13.0. The van der Waals surface area contributed by atoms with Crippen molar-refractivity contribution >= 4 is 11.9 Å². The van der Waals surface area contributed by atoms with Crippen LogP contribution >= 0.6 is 0 Å². The monoisotopic (exact) mass is 402 g/mol. The minimum absolute atomic E-state index is 0.174. The van der Waals surface area contributed by atoms with Gasteiger partial charge in [0.25, 0.3) is 5.91 Å². The number of nitrogens with one attached hydrogen (secondary N) is 1. The van der Waals surface area contributed by atoms with Crippen molar-refractivity contribution in [1.29, 1.82) is 0 Å². The number of hydrogen-bond donors (Lipinski definition) is 1. The third-order valence-corrected chi connectivity index (χ3v) is 4.44. The Hall–Kier alpha value is -3.87. The first-order valence-corrected chi connectivity index (χ1v) is 9.60. The van der Waals surface area contributed by atoms with E-state index < -0.39 is 5.91 Å². The lowest BCUT2D eigenvalue weighted by atomic mass is 10.1. The lowest BCUT2D eigenvalue weighted by Gasteiger charge is -2.04. The summed E-state index contributed by atoms with van der Waals surface area (Å²) >= 11 is 0. The zero-order chi connectivity index (χ0) is 20.9. The molecule has 7 nitrogen and oxygen atoms in total. The van der Waals surface area contributed by atoms with E-state index in [1.165, 1.54) is 5.56 Å². The van der Waals surface area contributed by atoms with Crippen LogP contribution in [0.5, 0.6) is 5.75 Å². The van der Waals surface area contributed by atoms with E-state index in [0.717, 1.165) is 16.9 Å². The Morgan fingerprint density at radius 3 is 2.67 bits per heavy atom. The molecule has 30 heavy (non-hydrogen) atoms. The van der Waals surface area contributed by atoms with Gasteiger partial charge in [0.05, 0.1) is 6.54 Å². The third-order valence-electron chi connectivity index (χ3n) is 4.44. The second-order valence-electron chi connectivity index (χ2n) is 7.08. The smallest absolute Gasteiger partial charge is 0.293 e. The zero-order valence-electron chi connectivity index (χ0n) is 16.8. The summed E-state index contributed by atoms with van der Waals surface area (Å²) in [5, 5.41) is 6.95.